The summed E-state index contributed by atoms with van der Waals surface area (Å²) >= 11 is 1.44. The molecule has 1 aliphatic rings. The Kier molecular flexibility index (Phi) is 4.67. The number of ether oxygens (including phenoxy) is 1. The van der Waals surface area contributed by atoms with Crippen molar-refractivity contribution in [2.75, 3.05) is 26.3 Å². The number of rotatable bonds is 4. The smallest absolute Gasteiger partial charge is 0.240 e. The van der Waals surface area contributed by atoms with Gasteiger partial charge in [-0.15, -0.1) is 10.2 Å². The third-order valence-electron chi connectivity index (χ3n) is 4.16. The van der Waals surface area contributed by atoms with E-state index in [-0.39, 0.29) is 11.2 Å². The van der Waals surface area contributed by atoms with Crippen LogP contribution in [0.25, 0.3) is 5.65 Å². The minimum absolute atomic E-state index is 0.0900. The summed E-state index contributed by atoms with van der Waals surface area (Å²) in [6.45, 7) is 2.43. The molecule has 0 spiro atoms. The lowest BCUT2D eigenvalue weighted by Gasteiger charge is -2.30. The fourth-order valence-corrected chi connectivity index (χ4v) is 3.95. The van der Waals surface area contributed by atoms with Gasteiger partial charge in [0.1, 0.15) is 5.25 Å². The van der Waals surface area contributed by atoms with Gasteiger partial charge in [0.2, 0.25) is 5.91 Å². The Morgan fingerprint density at radius 3 is 2.60 bits per heavy atom. The predicted molar refractivity (Wildman–Crippen MR) is 95.4 cm³/mol. The van der Waals surface area contributed by atoms with Gasteiger partial charge < -0.3 is 9.64 Å². The number of morpholine rings is 1. The second kappa shape index (κ2) is 7.25. The molecule has 1 atom stereocenters. The first-order valence-electron chi connectivity index (χ1n) is 8.21. The Hall–Kier alpha value is -2.38. The maximum absolute atomic E-state index is 13.2. The molecule has 7 heteroatoms. The van der Waals surface area contributed by atoms with E-state index in [1.807, 2.05) is 64.0 Å². The lowest BCUT2D eigenvalue weighted by Crippen LogP contribution is -2.42. The highest BCUT2D eigenvalue weighted by atomic mass is 32.2. The Balaban J connectivity index is 1.66. The van der Waals surface area contributed by atoms with Crippen LogP contribution in [0.4, 0.5) is 0 Å². The summed E-state index contributed by atoms with van der Waals surface area (Å²) in [5.41, 5.74) is 1.74. The summed E-state index contributed by atoms with van der Waals surface area (Å²) in [5, 5.41) is 8.81. The highest BCUT2D eigenvalue weighted by molar-refractivity contribution is 8.00. The molecule has 1 aliphatic heterocycles. The monoisotopic (exact) mass is 354 g/mol. The Labute approximate surface area is 149 Å². The number of benzene rings is 1. The topological polar surface area (TPSA) is 59.7 Å². The van der Waals surface area contributed by atoms with E-state index in [0.717, 1.165) is 11.2 Å². The summed E-state index contributed by atoms with van der Waals surface area (Å²) in [6.07, 6.45) is 1.92. The van der Waals surface area contributed by atoms with Crippen LogP contribution in [0.2, 0.25) is 0 Å². The average molecular weight is 354 g/mol. The number of nitrogens with zero attached hydrogens (tertiary/aromatic N) is 4. The van der Waals surface area contributed by atoms with Crippen molar-refractivity contribution in [3.05, 3.63) is 60.3 Å². The highest BCUT2D eigenvalue weighted by Crippen LogP contribution is 2.36. The first kappa shape index (κ1) is 16.1. The lowest BCUT2D eigenvalue weighted by molar-refractivity contribution is -0.134. The van der Waals surface area contributed by atoms with E-state index in [1.165, 1.54) is 11.8 Å². The van der Waals surface area contributed by atoms with Crippen molar-refractivity contribution < 1.29 is 9.53 Å². The molecule has 0 N–H and O–H groups in total. The number of carbonyl (C=O) groups is 1. The predicted octanol–water partition coefficient (Wildman–Crippen LogP) is 2.42. The molecule has 6 nitrogen and oxygen atoms in total. The largest absolute Gasteiger partial charge is 0.378 e. The number of fused-ring (bicyclic) bond motifs is 1. The molecular formula is C18H18N4O2S. The third kappa shape index (κ3) is 3.38. The summed E-state index contributed by atoms with van der Waals surface area (Å²) in [7, 11) is 0. The molecule has 0 bridgehead atoms. The van der Waals surface area contributed by atoms with Crippen LogP contribution < -0.4 is 0 Å². The van der Waals surface area contributed by atoms with Crippen LogP contribution in [0, 0.1) is 0 Å². The minimum atomic E-state index is -0.355. The van der Waals surface area contributed by atoms with Gasteiger partial charge in [-0.25, -0.2) is 0 Å². The van der Waals surface area contributed by atoms with Gasteiger partial charge in [0, 0.05) is 19.3 Å². The Morgan fingerprint density at radius 2 is 1.80 bits per heavy atom. The summed E-state index contributed by atoms with van der Waals surface area (Å²) < 4.78 is 7.28. The number of hydrogen-bond acceptors (Lipinski definition) is 5. The normalized spacial score (nSPS) is 16.1. The van der Waals surface area contributed by atoms with Gasteiger partial charge in [-0.05, 0) is 17.7 Å². The van der Waals surface area contributed by atoms with E-state index in [9.17, 15) is 4.79 Å². The molecule has 1 aromatic carbocycles. The zero-order valence-electron chi connectivity index (χ0n) is 13.6. The zero-order valence-corrected chi connectivity index (χ0v) is 14.4. The van der Waals surface area contributed by atoms with Crippen LogP contribution in [0.15, 0.2) is 59.9 Å². The number of thioether (sulfide) groups is 1. The van der Waals surface area contributed by atoms with Crippen LogP contribution in [0.5, 0.6) is 0 Å². The number of carbonyl (C=O) groups excluding carboxylic acids is 1. The van der Waals surface area contributed by atoms with Gasteiger partial charge in [0.15, 0.2) is 10.8 Å². The molecule has 2 aromatic heterocycles. The van der Waals surface area contributed by atoms with Gasteiger partial charge in [0.25, 0.3) is 0 Å². The van der Waals surface area contributed by atoms with Crippen molar-refractivity contribution in [2.24, 2.45) is 0 Å². The average Bonchev–Trinajstić information content (AvgIpc) is 3.10. The van der Waals surface area contributed by atoms with Crippen LogP contribution in [0.1, 0.15) is 10.8 Å². The van der Waals surface area contributed by atoms with E-state index in [2.05, 4.69) is 10.2 Å². The van der Waals surface area contributed by atoms with Crippen molar-refractivity contribution >= 4 is 23.3 Å². The first-order valence-corrected chi connectivity index (χ1v) is 9.09. The van der Waals surface area contributed by atoms with Crippen molar-refractivity contribution in [1.29, 1.82) is 0 Å². The molecule has 4 rings (SSSR count). The molecule has 0 aliphatic carbocycles. The van der Waals surface area contributed by atoms with Crippen LogP contribution in [-0.4, -0.2) is 51.7 Å². The first-order chi connectivity index (χ1) is 12.3. The SMILES string of the molecule is O=C([C@@H](Sc1nnc2ccccn12)c1ccccc1)N1CCOCC1. The molecule has 128 valence electrons. The zero-order chi connectivity index (χ0) is 17.1. The molecule has 1 amide bonds. The molecule has 3 heterocycles. The number of aromatic nitrogens is 3. The fraction of sp³-hybridized carbons (Fsp3) is 0.278. The van der Waals surface area contributed by atoms with E-state index >= 15 is 0 Å². The van der Waals surface area contributed by atoms with E-state index in [4.69, 9.17) is 4.74 Å². The lowest BCUT2D eigenvalue weighted by atomic mass is 10.1. The molecule has 25 heavy (non-hydrogen) atoms. The minimum Gasteiger partial charge on any atom is -0.378 e. The fourth-order valence-electron chi connectivity index (χ4n) is 2.84. The molecule has 3 aromatic rings. The van der Waals surface area contributed by atoms with Gasteiger partial charge >= 0.3 is 0 Å². The molecule has 1 fully saturated rings. The Morgan fingerprint density at radius 1 is 1.04 bits per heavy atom. The van der Waals surface area contributed by atoms with Crippen LogP contribution >= 0.6 is 11.8 Å². The summed E-state index contributed by atoms with van der Waals surface area (Å²) in [5.74, 6) is 0.0900. The van der Waals surface area contributed by atoms with E-state index < -0.39 is 0 Å². The number of hydrogen-bond donors (Lipinski definition) is 0. The maximum atomic E-state index is 13.2. The molecule has 0 saturated carbocycles. The van der Waals surface area contributed by atoms with Crippen molar-refractivity contribution in [1.82, 2.24) is 19.5 Å². The van der Waals surface area contributed by atoms with Crippen LogP contribution in [0.3, 0.4) is 0 Å². The van der Waals surface area contributed by atoms with E-state index in [0.29, 0.717) is 31.5 Å². The highest BCUT2D eigenvalue weighted by Gasteiger charge is 2.29. The number of amides is 1. The van der Waals surface area contributed by atoms with E-state index in [1.54, 1.807) is 0 Å². The summed E-state index contributed by atoms with van der Waals surface area (Å²) in [6, 6.07) is 15.6. The number of pyridine rings is 1. The second-order valence-electron chi connectivity index (χ2n) is 5.76. The molecule has 0 radical (unpaired) electrons. The van der Waals surface area contributed by atoms with Gasteiger partial charge in [-0.2, -0.15) is 0 Å². The van der Waals surface area contributed by atoms with Crippen molar-refractivity contribution in [3.63, 3.8) is 0 Å². The third-order valence-corrected chi connectivity index (χ3v) is 5.35. The standard InChI is InChI=1S/C18H18N4O2S/c23-17(21-10-12-24-13-11-21)16(14-6-2-1-3-7-14)25-18-20-19-15-8-4-5-9-22(15)18/h1-9,16H,10-13H2/t16-/m0/s1. The van der Waals surface area contributed by atoms with Gasteiger partial charge in [-0.1, -0.05) is 48.2 Å². The van der Waals surface area contributed by atoms with Crippen molar-refractivity contribution in [2.45, 2.75) is 10.4 Å². The molecule has 1 saturated heterocycles. The molecular weight excluding hydrogens is 336 g/mol. The quantitative estimate of drug-likeness (QED) is 0.674. The summed E-state index contributed by atoms with van der Waals surface area (Å²) in [4.78, 5) is 15.0. The second-order valence-corrected chi connectivity index (χ2v) is 6.83. The van der Waals surface area contributed by atoms with Gasteiger partial charge in [-0.3, -0.25) is 9.20 Å². The molecule has 0 unspecified atom stereocenters. The van der Waals surface area contributed by atoms with Gasteiger partial charge in [0.05, 0.1) is 13.2 Å². The maximum Gasteiger partial charge on any atom is 0.240 e. The van der Waals surface area contributed by atoms with Crippen molar-refractivity contribution in [3.8, 4) is 0 Å². The Bertz CT molecular complexity index is 862. The van der Waals surface area contributed by atoms with Crippen LogP contribution in [-0.2, 0) is 9.53 Å².